The molecule has 2 N–H and O–H groups in total. The van der Waals surface area contributed by atoms with Crippen LogP contribution in [0.5, 0.6) is 0 Å². The summed E-state index contributed by atoms with van der Waals surface area (Å²) in [5.41, 5.74) is 6.19. The Kier molecular flexibility index (Phi) is 3.85. The highest BCUT2D eigenvalue weighted by molar-refractivity contribution is 5.95. The molecule has 0 spiro atoms. The lowest BCUT2D eigenvalue weighted by Crippen LogP contribution is -2.54. The van der Waals surface area contributed by atoms with Crippen LogP contribution in [-0.2, 0) is 0 Å². The molecule has 2 saturated heterocycles. The van der Waals surface area contributed by atoms with E-state index in [9.17, 15) is 9.18 Å². The van der Waals surface area contributed by atoms with E-state index >= 15 is 0 Å². The second kappa shape index (κ2) is 5.64. The largest absolute Gasteiger partial charge is 0.399 e. The molecule has 1 aromatic rings. The van der Waals surface area contributed by atoms with Crippen LogP contribution in [0, 0.1) is 11.7 Å². The minimum absolute atomic E-state index is 0.0950. The number of likely N-dealkylation sites (tertiary alicyclic amines) is 2. The van der Waals surface area contributed by atoms with Gasteiger partial charge in [-0.3, -0.25) is 4.79 Å². The van der Waals surface area contributed by atoms with Crippen LogP contribution in [0.4, 0.5) is 10.1 Å². The summed E-state index contributed by atoms with van der Waals surface area (Å²) in [6.45, 7) is 2.56. The molecular weight excluding hydrogens is 269 g/mol. The van der Waals surface area contributed by atoms with Crippen LogP contribution in [0.25, 0.3) is 0 Å². The number of nitrogens with two attached hydrogens (primary N) is 1. The van der Waals surface area contributed by atoms with Crippen molar-refractivity contribution in [3.63, 3.8) is 0 Å². The number of amides is 1. The summed E-state index contributed by atoms with van der Waals surface area (Å²) in [6, 6.07) is 4.75. The average Bonchev–Trinajstić information content (AvgIpc) is 2.49. The maximum atomic E-state index is 13.9. The molecule has 4 nitrogen and oxygen atoms in total. The maximum Gasteiger partial charge on any atom is 0.256 e. The smallest absolute Gasteiger partial charge is 0.256 e. The van der Waals surface area contributed by atoms with Gasteiger partial charge >= 0.3 is 0 Å². The summed E-state index contributed by atoms with van der Waals surface area (Å²) >= 11 is 0. The van der Waals surface area contributed by atoms with Crippen molar-refractivity contribution >= 4 is 11.6 Å². The highest BCUT2D eigenvalue weighted by Gasteiger charge is 2.36. The first kappa shape index (κ1) is 14.3. The molecule has 1 aromatic carbocycles. The van der Waals surface area contributed by atoms with E-state index in [0.717, 1.165) is 25.9 Å². The van der Waals surface area contributed by atoms with Crippen molar-refractivity contribution in [1.29, 1.82) is 0 Å². The van der Waals surface area contributed by atoms with Crippen LogP contribution >= 0.6 is 0 Å². The number of nitrogen functional groups attached to an aromatic ring is 1. The van der Waals surface area contributed by atoms with Crippen LogP contribution in [0.1, 0.15) is 29.6 Å². The standard InChI is InChI=1S/C16H22FN3O/c1-19-7-2-3-11-10-20(8-6-15(11)19)16(21)13-9-12(18)4-5-14(13)17/h4-5,9,11,15H,2-3,6-8,10,18H2,1H3. The van der Waals surface area contributed by atoms with Gasteiger partial charge in [0.25, 0.3) is 5.91 Å². The Morgan fingerprint density at radius 2 is 2.14 bits per heavy atom. The molecule has 0 saturated carbocycles. The number of nitrogens with zero attached hydrogens (tertiary/aromatic N) is 2. The molecule has 2 heterocycles. The number of anilines is 1. The van der Waals surface area contributed by atoms with Crippen LogP contribution in [0.2, 0.25) is 0 Å². The van der Waals surface area contributed by atoms with Crippen molar-refractivity contribution < 1.29 is 9.18 Å². The SMILES string of the molecule is CN1CCCC2CN(C(=O)c3cc(N)ccc3F)CCC21. The van der Waals surface area contributed by atoms with Gasteiger partial charge in [0, 0.05) is 24.8 Å². The first-order valence-corrected chi connectivity index (χ1v) is 7.61. The van der Waals surface area contributed by atoms with Crippen molar-refractivity contribution in [1.82, 2.24) is 9.80 Å². The van der Waals surface area contributed by atoms with Crippen LogP contribution in [-0.4, -0.2) is 48.4 Å². The second-order valence-electron chi connectivity index (χ2n) is 6.23. The Bertz CT molecular complexity index is 548. The van der Waals surface area contributed by atoms with E-state index in [2.05, 4.69) is 11.9 Å². The van der Waals surface area contributed by atoms with Gasteiger partial charge in [0.2, 0.25) is 0 Å². The topological polar surface area (TPSA) is 49.6 Å². The van der Waals surface area contributed by atoms with Gasteiger partial charge in [-0.25, -0.2) is 4.39 Å². The molecule has 0 bridgehead atoms. The summed E-state index contributed by atoms with van der Waals surface area (Å²) in [4.78, 5) is 16.7. The Labute approximate surface area is 124 Å². The highest BCUT2D eigenvalue weighted by Crippen LogP contribution is 2.30. The minimum Gasteiger partial charge on any atom is -0.399 e. The number of rotatable bonds is 1. The summed E-state index contributed by atoms with van der Waals surface area (Å²) < 4.78 is 13.9. The van der Waals surface area contributed by atoms with Crippen molar-refractivity contribution in [2.45, 2.75) is 25.3 Å². The number of carbonyl (C=O) groups excluding carboxylic acids is 1. The molecule has 0 radical (unpaired) electrons. The van der Waals surface area contributed by atoms with Gasteiger partial charge in [0.05, 0.1) is 5.56 Å². The fourth-order valence-electron chi connectivity index (χ4n) is 3.71. The molecule has 114 valence electrons. The number of hydrogen-bond donors (Lipinski definition) is 1. The molecule has 2 aliphatic rings. The van der Waals surface area contributed by atoms with Crippen molar-refractivity contribution in [3.8, 4) is 0 Å². The van der Waals surface area contributed by atoms with Crippen molar-refractivity contribution in [3.05, 3.63) is 29.6 Å². The molecule has 2 atom stereocenters. The highest BCUT2D eigenvalue weighted by atomic mass is 19.1. The van der Waals surface area contributed by atoms with Crippen LogP contribution < -0.4 is 5.73 Å². The number of benzene rings is 1. The number of piperidine rings is 2. The van der Waals surface area contributed by atoms with E-state index < -0.39 is 5.82 Å². The lowest BCUT2D eigenvalue weighted by atomic mass is 9.84. The molecule has 0 aliphatic carbocycles. The molecule has 2 fully saturated rings. The van der Waals surface area contributed by atoms with E-state index in [0.29, 0.717) is 24.2 Å². The van der Waals surface area contributed by atoms with E-state index in [1.807, 2.05) is 0 Å². The summed E-state index contributed by atoms with van der Waals surface area (Å²) in [7, 11) is 2.16. The first-order chi connectivity index (χ1) is 10.1. The normalized spacial score (nSPS) is 26.5. The Hall–Kier alpha value is -1.62. The molecule has 5 heteroatoms. The number of hydrogen-bond acceptors (Lipinski definition) is 3. The Morgan fingerprint density at radius 3 is 2.95 bits per heavy atom. The van der Waals surface area contributed by atoms with Gasteiger partial charge in [-0.15, -0.1) is 0 Å². The minimum atomic E-state index is -0.489. The Balaban J connectivity index is 1.76. The zero-order valence-corrected chi connectivity index (χ0v) is 12.4. The summed E-state index contributed by atoms with van der Waals surface area (Å²) in [5, 5.41) is 0. The number of halogens is 1. The number of carbonyl (C=O) groups is 1. The third kappa shape index (κ3) is 2.75. The molecule has 0 aromatic heterocycles. The fraction of sp³-hybridized carbons (Fsp3) is 0.562. The van der Waals surface area contributed by atoms with E-state index in [4.69, 9.17) is 5.73 Å². The first-order valence-electron chi connectivity index (χ1n) is 7.61. The van der Waals surface area contributed by atoms with Gasteiger partial charge in [-0.2, -0.15) is 0 Å². The van der Waals surface area contributed by atoms with Crippen molar-refractivity contribution in [2.75, 3.05) is 32.4 Å². The van der Waals surface area contributed by atoms with E-state index in [1.165, 1.54) is 24.6 Å². The van der Waals surface area contributed by atoms with Gasteiger partial charge in [0.1, 0.15) is 5.82 Å². The zero-order chi connectivity index (χ0) is 15.0. The molecule has 2 aliphatic heterocycles. The average molecular weight is 291 g/mol. The third-order valence-electron chi connectivity index (χ3n) is 4.85. The lowest BCUT2D eigenvalue weighted by molar-refractivity contribution is 0.0314. The van der Waals surface area contributed by atoms with Gasteiger partial charge in [-0.05, 0) is 57.0 Å². The summed E-state index contributed by atoms with van der Waals surface area (Å²) in [5.74, 6) is -0.214. The molecule has 3 rings (SSSR count). The maximum absolute atomic E-state index is 13.9. The molecule has 2 unspecified atom stereocenters. The second-order valence-corrected chi connectivity index (χ2v) is 6.23. The molecular formula is C16H22FN3O. The fourth-order valence-corrected chi connectivity index (χ4v) is 3.71. The summed E-state index contributed by atoms with van der Waals surface area (Å²) in [6.07, 6.45) is 3.29. The van der Waals surface area contributed by atoms with Crippen LogP contribution in [0.3, 0.4) is 0 Å². The monoisotopic (exact) mass is 291 g/mol. The van der Waals surface area contributed by atoms with Gasteiger partial charge in [0.15, 0.2) is 0 Å². The van der Waals surface area contributed by atoms with Crippen molar-refractivity contribution in [2.24, 2.45) is 5.92 Å². The Morgan fingerprint density at radius 1 is 1.33 bits per heavy atom. The predicted molar refractivity (Wildman–Crippen MR) is 80.5 cm³/mol. The predicted octanol–water partition coefficient (Wildman–Crippen LogP) is 1.96. The number of fused-ring (bicyclic) bond motifs is 1. The van der Waals surface area contributed by atoms with Gasteiger partial charge < -0.3 is 15.5 Å². The van der Waals surface area contributed by atoms with E-state index in [-0.39, 0.29) is 11.5 Å². The quantitative estimate of drug-likeness (QED) is 0.805. The third-order valence-corrected chi connectivity index (χ3v) is 4.85. The van der Waals surface area contributed by atoms with Gasteiger partial charge in [-0.1, -0.05) is 0 Å². The zero-order valence-electron chi connectivity index (χ0n) is 12.4. The lowest BCUT2D eigenvalue weighted by Gasteiger charge is -2.46. The van der Waals surface area contributed by atoms with Crippen LogP contribution in [0.15, 0.2) is 18.2 Å². The molecule has 1 amide bonds. The van der Waals surface area contributed by atoms with E-state index in [1.54, 1.807) is 4.90 Å². The molecule has 21 heavy (non-hydrogen) atoms.